The molecule has 5 nitrogen and oxygen atoms in total. The summed E-state index contributed by atoms with van der Waals surface area (Å²) < 4.78 is 31.5. The molecule has 0 aliphatic carbocycles. The van der Waals surface area contributed by atoms with Crippen molar-refractivity contribution in [2.75, 3.05) is 39.0 Å². The van der Waals surface area contributed by atoms with Crippen molar-refractivity contribution in [2.24, 2.45) is 0 Å². The highest BCUT2D eigenvalue weighted by Gasteiger charge is 2.20. The van der Waals surface area contributed by atoms with E-state index in [1.54, 1.807) is 0 Å². The van der Waals surface area contributed by atoms with Crippen LogP contribution in [0.2, 0.25) is 0 Å². The average molecular weight is 285 g/mol. The maximum atomic E-state index is 13.1. The van der Waals surface area contributed by atoms with Crippen molar-refractivity contribution in [3.63, 3.8) is 0 Å². The van der Waals surface area contributed by atoms with E-state index in [0.717, 1.165) is 18.7 Å². The topological polar surface area (TPSA) is 67.6 Å². The van der Waals surface area contributed by atoms with Crippen LogP contribution in [0.1, 0.15) is 10.4 Å². The summed E-state index contributed by atoms with van der Waals surface area (Å²) in [7, 11) is 1.96. The summed E-state index contributed by atoms with van der Waals surface area (Å²) in [6.45, 7) is 2.44. The van der Waals surface area contributed by atoms with Gasteiger partial charge in [-0.25, -0.2) is 8.78 Å². The Morgan fingerprint density at radius 1 is 1.50 bits per heavy atom. The molecule has 2 rings (SSSR count). The molecule has 0 spiro atoms. The van der Waals surface area contributed by atoms with Gasteiger partial charge >= 0.3 is 0 Å². The quantitative estimate of drug-likeness (QED) is 0.798. The van der Waals surface area contributed by atoms with E-state index in [2.05, 4.69) is 10.2 Å². The van der Waals surface area contributed by atoms with Crippen LogP contribution in [0, 0.1) is 11.6 Å². The van der Waals surface area contributed by atoms with E-state index in [1.165, 1.54) is 0 Å². The third-order valence-corrected chi connectivity index (χ3v) is 3.17. The van der Waals surface area contributed by atoms with E-state index in [0.29, 0.717) is 19.7 Å². The molecule has 1 aromatic rings. The van der Waals surface area contributed by atoms with Gasteiger partial charge < -0.3 is 20.7 Å². The number of halogens is 2. The van der Waals surface area contributed by atoms with Crippen LogP contribution in [0.4, 0.5) is 14.5 Å². The summed E-state index contributed by atoms with van der Waals surface area (Å²) in [6.07, 6.45) is -0.121. The van der Waals surface area contributed by atoms with Gasteiger partial charge in [0.25, 0.3) is 5.91 Å². The lowest BCUT2D eigenvalue weighted by Gasteiger charge is -2.30. The zero-order valence-electron chi connectivity index (χ0n) is 11.2. The van der Waals surface area contributed by atoms with Crippen LogP contribution in [-0.2, 0) is 4.74 Å². The van der Waals surface area contributed by atoms with Crippen LogP contribution in [-0.4, -0.2) is 50.2 Å². The van der Waals surface area contributed by atoms with Crippen LogP contribution in [0.5, 0.6) is 0 Å². The zero-order valence-corrected chi connectivity index (χ0v) is 11.2. The van der Waals surface area contributed by atoms with E-state index >= 15 is 0 Å². The van der Waals surface area contributed by atoms with Crippen molar-refractivity contribution in [3.05, 3.63) is 29.3 Å². The molecular formula is C13H17F2N3O2. The van der Waals surface area contributed by atoms with Crippen LogP contribution in [0.25, 0.3) is 0 Å². The molecule has 0 aromatic heterocycles. The van der Waals surface area contributed by atoms with E-state index in [-0.39, 0.29) is 17.4 Å². The minimum Gasteiger partial charge on any atom is -0.398 e. The lowest BCUT2D eigenvalue weighted by molar-refractivity contribution is -0.0175. The van der Waals surface area contributed by atoms with Gasteiger partial charge in [-0.15, -0.1) is 0 Å². The molecule has 1 unspecified atom stereocenters. The Kier molecular flexibility index (Phi) is 4.51. The first-order valence-corrected chi connectivity index (χ1v) is 6.30. The highest BCUT2D eigenvalue weighted by molar-refractivity contribution is 5.99. The lowest BCUT2D eigenvalue weighted by Crippen LogP contribution is -2.46. The third kappa shape index (κ3) is 3.43. The zero-order chi connectivity index (χ0) is 14.7. The maximum Gasteiger partial charge on any atom is 0.253 e. The predicted molar refractivity (Wildman–Crippen MR) is 70.3 cm³/mol. The van der Waals surface area contributed by atoms with Crippen molar-refractivity contribution in [2.45, 2.75) is 6.10 Å². The Morgan fingerprint density at radius 3 is 2.90 bits per heavy atom. The highest BCUT2D eigenvalue weighted by Crippen LogP contribution is 2.17. The Morgan fingerprint density at radius 2 is 2.20 bits per heavy atom. The maximum absolute atomic E-state index is 13.1. The predicted octanol–water partition coefficient (Wildman–Crippen LogP) is 0.607. The van der Waals surface area contributed by atoms with Crippen molar-refractivity contribution < 1.29 is 18.3 Å². The van der Waals surface area contributed by atoms with Gasteiger partial charge in [0, 0.05) is 31.4 Å². The van der Waals surface area contributed by atoms with E-state index in [1.807, 2.05) is 7.05 Å². The molecule has 1 saturated heterocycles. The second-order valence-corrected chi connectivity index (χ2v) is 4.82. The molecule has 0 bridgehead atoms. The van der Waals surface area contributed by atoms with Crippen LogP contribution >= 0.6 is 0 Å². The fraction of sp³-hybridized carbons (Fsp3) is 0.462. The van der Waals surface area contributed by atoms with Gasteiger partial charge in [0.05, 0.1) is 18.3 Å². The molecule has 110 valence electrons. The summed E-state index contributed by atoms with van der Waals surface area (Å²) in [5, 5.41) is 2.62. The standard InChI is InChI=1S/C13H17F2N3O2/c1-18-2-3-20-8(7-18)6-17-13(19)9-4-10(14)11(15)5-12(9)16/h4-5,8H,2-3,6-7,16H2,1H3,(H,17,19). The molecule has 3 N–H and O–H groups in total. The number of nitrogen functional groups attached to an aromatic ring is 1. The Balaban J connectivity index is 1.96. The smallest absolute Gasteiger partial charge is 0.253 e. The summed E-state index contributed by atoms with van der Waals surface area (Å²) in [4.78, 5) is 14.0. The number of nitrogens with one attached hydrogen (secondary N) is 1. The first-order valence-electron chi connectivity index (χ1n) is 6.30. The second-order valence-electron chi connectivity index (χ2n) is 4.82. The molecule has 7 heteroatoms. The van der Waals surface area contributed by atoms with Crippen molar-refractivity contribution in [3.8, 4) is 0 Å². The van der Waals surface area contributed by atoms with E-state index in [4.69, 9.17) is 10.5 Å². The largest absolute Gasteiger partial charge is 0.398 e. The molecule has 1 atom stereocenters. The lowest BCUT2D eigenvalue weighted by atomic mass is 10.1. The Hall–Kier alpha value is -1.73. The number of nitrogens with zero attached hydrogens (tertiary/aromatic N) is 1. The van der Waals surface area contributed by atoms with Gasteiger partial charge in [0.2, 0.25) is 0 Å². The van der Waals surface area contributed by atoms with Crippen molar-refractivity contribution in [1.29, 1.82) is 0 Å². The van der Waals surface area contributed by atoms with E-state index < -0.39 is 17.5 Å². The number of carbonyl (C=O) groups excluding carboxylic acids is 1. The van der Waals surface area contributed by atoms with Crippen molar-refractivity contribution >= 4 is 11.6 Å². The van der Waals surface area contributed by atoms with Gasteiger partial charge in [-0.05, 0) is 13.1 Å². The number of likely N-dealkylation sites (N-methyl/N-ethyl adjacent to an activating group) is 1. The third-order valence-electron chi connectivity index (χ3n) is 3.17. The number of anilines is 1. The summed E-state index contributed by atoms with van der Waals surface area (Å²) >= 11 is 0. The summed E-state index contributed by atoms with van der Waals surface area (Å²) in [5.74, 6) is -2.72. The fourth-order valence-corrected chi connectivity index (χ4v) is 2.05. The number of nitrogens with two attached hydrogens (primary N) is 1. The molecule has 1 aromatic carbocycles. The number of hydrogen-bond acceptors (Lipinski definition) is 4. The molecule has 0 saturated carbocycles. The van der Waals surface area contributed by atoms with Gasteiger partial charge in [-0.3, -0.25) is 4.79 Å². The monoisotopic (exact) mass is 285 g/mol. The highest BCUT2D eigenvalue weighted by atomic mass is 19.2. The number of benzene rings is 1. The molecule has 1 fully saturated rings. The molecule has 1 heterocycles. The number of amides is 1. The minimum absolute atomic E-state index is 0.0759. The number of rotatable bonds is 3. The summed E-state index contributed by atoms with van der Waals surface area (Å²) in [5.41, 5.74) is 5.34. The first-order chi connectivity index (χ1) is 9.47. The normalized spacial score (nSPS) is 19.9. The SMILES string of the molecule is CN1CCOC(CNC(=O)c2cc(F)c(F)cc2N)C1. The second kappa shape index (κ2) is 6.15. The van der Waals surface area contributed by atoms with Gasteiger partial charge in [0.15, 0.2) is 11.6 Å². The fourth-order valence-electron chi connectivity index (χ4n) is 2.05. The van der Waals surface area contributed by atoms with Gasteiger partial charge in [0.1, 0.15) is 0 Å². The van der Waals surface area contributed by atoms with Gasteiger partial charge in [-0.2, -0.15) is 0 Å². The van der Waals surface area contributed by atoms with E-state index in [9.17, 15) is 13.6 Å². The number of morpholine rings is 1. The van der Waals surface area contributed by atoms with Crippen LogP contribution in [0.15, 0.2) is 12.1 Å². The molecule has 0 radical (unpaired) electrons. The molecule has 20 heavy (non-hydrogen) atoms. The molecule has 1 aliphatic heterocycles. The van der Waals surface area contributed by atoms with Crippen LogP contribution < -0.4 is 11.1 Å². The minimum atomic E-state index is -1.10. The Bertz CT molecular complexity index is 511. The first kappa shape index (κ1) is 14.7. The van der Waals surface area contributed by atoms with Crippen LogP contribution in [0.3, 0.4) is 0 Å². The number of ether oxygens (including phenoxy) is 1. The molecular weight excluding hydrogens is 268 g/mol. The summed E-state index contributed by atoms with van der Waals surface area (Å²) in [6, 6.07) is 1.60. The van der Waals surface area contributed by atoms with Crippen molar-refractivity contribution in [1.82, 2.24) is 10.2 Å². The molecule has 1 amide bonds. The number of hydrogen-bond donors (Lipinski definition) is 2. The number of carbonyl (C=O) groups is 1. The Labute approximate surface area is 115 Å². The average Bonchev–Trinajstić information content (AvgIpc) is 2.40. The van der Waals surface area contributed by atoms with Gasteiger partial charge in [-0.1, -0.05) is 0 Å². The molecule has 1 aliphatic rings.